The SMILES string of the molecule is CC1=NN(n2cnc3c(N)ncnc32)CC1. The van der Waals surface area contributed by atoms with Crippen LogP contribution in [0, 0.1) is 0 Å². The lowest BCUT2D eigenvalue weighted by atomic mass is 10.3. The van der Waals surface area contributed by atoms with Gasteiger partial charge in [0.25, 0.3) is 0 Å². The summed E-state index contributed by atoms with van der Waals surface area (Å²) in [6.45, 7) is 2.84. The van der Waals surface area contributed by atoms with Gasteiger partial charge in [-0.1, -0.05) is 0 Å². The number of hydrazone groups is 1. The molecule has 0 atom stereocenters. The Morgan fingerprint density at radius 1 is 1.31 bits per heavy atom. The van der Waals surface area contributed by atoms with Crippen LogP contribution in [0.1, 0.15) is 13.3 Å². The van der Waals surface area contributed by atoms with Gasteiger partial charge in [0.05, 0.1) is 6.54 Å². The quantitative estimate of drug-likeness (QED) is 0.733. The Bertz CT molecular complexity index is 570. The third kappa shape index (κ3) is 1.21. The first-order chi connectivity index (χ1) is 7.75. The van der Waals surface area contributed by atoms with Crippen molar-refractivity contribution in [1.82, 2.24) is 19.6 Å². The molecule has 16 heavy (non-hydrogen) atoms. The molecular weight excluding hydrogens is 206 g/mol. The molecule has 3 rings (SSSR count). The normalized spacial score (nSPS) is 15.8. The van der Waals surface area contributed by atoms with E-state index in [0.717, 1.165) is 18.7 Å². The summed E-state index contributed by atoms with van der Waals surface area (Å²) in [5.74, 6) is 0.392. The van der Waals surface area contributed by atoms with Gasteiger partial charge in [-0.05, 0) is 6.92 Å². The molecule has 0 spiro atoms. The predicted molar refractivity (Wildman–Crippen MR) is 60.5 cm³/mol. The molecule has 2 N–H and O–H groups in total. The van der Waals surface area contributed by atoms with Crippen molar-refractivity contribution in [1.29, 1.82) is 0 Å². The van der Waals surface area contributed by atoms with Crippen LogP contribution in [0.3, 0.4) is 0 Å². The smallest absolute Gasteiger partial charge is 0.186 e. The number of aromatic nitrogens is 4. The number of nitrogens with zero attached hydrogens (tertiary/aromatic N) is 6. The van der Waals surface area contributed by atoms with Crippen molar-refractivity contribution in [3.63, 3.8) is 0 Å². The van der Waals surface area contributed by atoms with Gasteiger partial charge in [-0.2, -0.15) is 10.2 Å². The van der Waals surface area contributed by atoms with E-state index in [2.05, 4.69) is 20.1 Å². The summed E-state index contributed by atoms with van der Waals surface area (Å²) in [6.07, 6.45) is 4.06. The monoisotopic (exact) mass is 217 g/mol. The molecular formula is C9H11N7. The Hall–Kier alpha value is -2.18. The summed E-state index contributed by atoms with van der Waals surface area (Å²) in [7, 11) is 0. The van der Waals surface area contributed by atoms with Gasteiger partial charge in [0, 0.05) is 12.1 Å². The lowest BCUT2D eigenvalue weighted by molar-refractivity contribution is 0.654. The number of hydrogen-bond acceptors (Lipinski definition) is 6. The summed E-state index contributed by atoms with van der Waals surface area (Å²) in [4.78, 5) is 12.3. The van der Waals surface area contributed by atoms with E-state index >= 15 is 0 Å². The van der Waals surface area contributed by atoms with E-state index in [-0.39, 0.29) is 0 Å². The van der Waals surface area contributed by atoms with Gasteiger partial charge in [0.2, 0.25) is 0 Å². The number of imidazole rings is 1. The van der Waals surface area contributed by atoms with Crippen LogP contribution < -0.4 is 10.9 Å². The minimum atomic E-state index is 0.392. The van der Waals surface area contributed by atoms with Crippen LogP contribution in [0.5, 0.6) is 0 Å². The Labute approximate surface area is 91.6 Å². The summed E-state index contributed by atoms with van der Waals surface area (Å²) < 4.78 is 1.80. The molecule has 0 fully saturated rings. The number of anilines is 1. The molecule has 7 nitrogen and oxygen atoms in total. The second kappa shape index (κ2) is 3.16. The van der Waals surface area contributed by atoms with Crippen LogP contribution in [0.2, 0.25) is 0 Å². The van der Waals surface area contributed by atoms with Crippen LogP contribution in [-0.2, 0) is 0 Å². The Morgan fingerprint density at radius 2 is 2.19 bits per heavy atom. The Balaban J connectivity index is 2.15. The van der Waals surface area contributed by atoms with E-state index < -0.39 is 0 Å². The number of nitrogen functional groups attached to an aromatic ring is 1. The second-order valence-corrected chi connectivity index (χ2v) is 3.70. The lowest BCUT2D eigenvalue weighted by Crippen LogP contribution is -2.25. The molecule has 0 aliphatic carbocycles. The van der Waals surface area contributed by atoms with Gasteiger partial charge in [0.1, 0.15) is 12.7 Å². The van der Waals surface area contributed by atoms with Gasteiger partial charge in [-0.15, -0.1) is 0 Å². The number of rotatable bonds is 1. The van der Waals surface area contributed by atoms with Crippen LogP contribution >= 0.6 is 0 Å². The zero-order chi connectivity index (χ0) is 11.1. The van der Waals surface area contributed by atoms with Crippen molar-refractivity contribution in [2.75, 3.05) is 17.4 Å². The van der Waals surface area contributed by atoms with E-state index in [4.69, 9.17) is 5.73 Å². The summed E-state index contributed by atoms with van der Waals surface area (Å²) in [6, 6.07) is 0. The molecule has 1 aliphatic heterocycles. The molecule has 0 saturated carbocycles. The highest BCUT2D eigenvalue weighted by atomic mass is 15.7. The topological polar surface area (TPSA) is 85.2 Å². The Kier molecular flexibility index (Phi) is 1.79. The number of hydrogen-bond donors (Lipinski definition) is 1. The van der Waals surface area contributed by atoms with Crippen molar-refractivity contribution < 1.29 is 0 Å². The third-order valence-corrected chi connectivity index (χ3v) is 2.55. The zero-order valence-electron chi connectivity index (χ0n) is 8.83. The Morgan fingerprint density at radius 3 is 2.94 bits per heavy atom. The molecule has 1 aliphatic rings. The minimum Gasteiger partial charge on any atom is -0.382 e. The van der Waals surface area contributed by atoms with E-state index in [1.54, 1.807) is 11.0 Å². The van der Waals surface area contributed by atoms with Crippen LogP contribution in [0.25, 0.3) is 11.2 Å². The van der Waals surface area contributed by atoms with Crippen molar-refractivity contribution in [2.45, 2.75) is 13.3 Å². The molecule has 0 amide bonds. The molecule has 2 aromatic heterocycles. The fraction of sp³-hybridized carbons (Fsp3) is 0.333. The predicted octanol–water partition coefficient (Wildman–Crippen LogP) is 0.126. The van der Waals surface area contributed by atoms with E-state index in [9.17, 15) is 0 Å². The fourth-order valence-corrected chi connectivity index (χ4v) is 1.72. The molecule has 0 aromatic carbocycles. The largest absolute Gasteiger partial charge is 0.382 e. The minimum absolute atomic E-state index is 0.392. The maximum Gasteiger partial charge on any atom is 0.186 e. The lowest BCUT2D eigenvalue weighted by Gasteiger charge is -2.14. The summed E-state index contributed by atoms with van der Waals surface area (Å²) in [5, 5.41) is 6.21. The number of nitrogens with two attached hydrogens (primary N) is 1. The second-order valence-electron chi connectivity index (χ2n) is 3.70. The van der Waals surface area contributed by atoms with Crippen molar-refractivity contribution >= 4 is 22.7 Å². The van der Waals surface area contributed by atoms with Crippen molar-refractivity contribution in [2.24, 2.45) is 5.10 Å². The molecule has 0 unspecified atom stereocenters. The third-order valence-electron chi connectivity index (χ3n) is 2.55. The van der Waals surface area contributed by atoms with Crippen LogP contribution in [0.4, 0.5) is 5.82 Å². The maximum atomic E-state index is 5.71. The molecule has 0 radical (unpaired) electrons. The van der Waals surface area contributed by atoms with Gasteiger partial charge in [0.15, 0.2) is 17.0 Å². The highest BCUT2D eigenvalue weighted by Crippen LogP contribution is 2.16. The van der Waals surface area contributed by atoms with Crippen LogP contribution in [-0.4, -0.2) is 31.9 Å². The maximum absolute atomic E-state index is 5.71. The first-order valence-electron chi connectivity index (χ1n) is 5.01. The van der Waals surface area contributed by atoms with Gasteiger partial charge in [-0.25, -0.2) is 19.6 Å². The fourth-order valence-electron chi connectivity index (χ4n) is 1.72. The van der Waals surface area contributed by atoms with Crippen molar-refractivity contribution in [3.8, 4) is 0 Å². The molecule has 0 bridgehead atoms. The average molecular weight is 217 g/mol. The molecule has 7 heteroatoms. The molecule has 2 aromatic rings. The van der Waals surface area contributed by atoms with Gasteiger partial charge in [-0.3, -0.25) is 0 Å². The highest BCUT2D eigenvalue weighted by Gasteiger charge is 2.16. The molecule has 3 heterocycles. The van der Waals surface area contributed by atoms with Gasteiger partial charge < -0.3 is 5.73 Å². The first-order valence-corrected chi connectivity index (χ1v) is 5.01. The molecule has 0 saturated heterocycles. The number of fused-ring (bicyclic) bond motifs is 1. The zero-order valence-corrected chi connectivity index (χ0v) is 8.83. The van der Waals surface area contributed by atoms with E-state index in [0.29, 0.717) is 17.0 Å². The summed E-state index contributed by atoms with van der Waals surface area (Å²) in [5.41, 5.74) is 8.11. The highest BCUT2D eigenvalue weighted by molar-refractivity contribution is 5.85. The molecule has 82 valence electrons. The van der Waals surface area contributed by atoms with E-state index in [1.807, 2.05) is 12.0 Å². The summed E-state index contributed by atoms with van der Waals surface area (Å²) >= 11 is 0. The van der Waals surface area contributed by atoms with Crippen LogP contribution in [0.15, 0.2) is 17.8 Å². The van der Waals surface area contributed by atoms with Gasteiger partial charge >= 0.3 is 0 Å². The average Bonchev–Trinajstić information content (AvgIpc) is 2.84. The standard InChI is InChI=1S/C9H11N7/c1-6-2-3-16(14-6)15-5-13-7-8(10)11-4-12-9(7)15/h4-5H,2-3H2,1H3,(H2,10,11,12). The van der Waals surface area contributed by atoms with Crippen molar-refractivity contribution in [3.05, 3.63) is 12.7 Å². The van der Waals surface area contributed by atoms with E-state index in [1.165, 1.54) is 6.33 Å². The first kappa shape index (κ1) is 9.08.